The zero-order valence-electron chi connectivity index (χ0n) is 12.9. The van der Waals surface area contributed by atoms with Gasteiger partial charge in [-0.25, -0.2) is 0 Å². The highest BCUT2D eigenvalue weighted by Gasteiger charge is 2.29. The first-order valence-electron chi connectivity index (χ1n) is 6.70. The van der Waals surface area contributed by atoms with Crippen LogP contribution in [0.5, 0.6) is 0 Å². The van der Waals surface area contributed by atoms with Crippen LogP contribution >= 0.6 is 12.6 Å². The summed E-state index contributed by atoms with van der Waals surface area (Å²) in [6.07, 6.45) is 0. The quantitative estimate of drug-likeness (QED) is 0.225. The van der Waals surface area contributed by atoms with Crippen molar-refractivity contribution in [3.63, 3.8) is 0 Å². The molecule has 0 bridgehead atoms. The molecule has 2 atom stereocenters. The second-order valence-corrected chi connectivity index (χ2v) is 4.95. The summed E-state index contributed by atoms with van der Waals surface area (Å²) in [6.45, 7) is -1.24. The Morgan fingerprint density at radius 2 is 1.78 bits per heavy atom. The van der Waals surface area contributed by atoms with E-state index in [1.807, 2.05) is 0 Å². The van der Waals surface area contributed by atoms with E-state index in [1.54, 1.807) is 7.05 Å². The van der Waals surface area contributed by atoms with Crippen LogP contribution in [0.15, 0.2) is 0 Å². The van der Waals surface area contributed by atoms with Crippen molar-refractivity contribution in [2.24, 2.45) is 0 Å². The van der Waals surface area contributed by atoms with Crippen molar-refractivity contribution in [2.75, 3.05) is 39.5 Å². The molecular formula is C12H22N4O6S. The predicted molar refractivity (Wildman–Crippen MR) is 84.0 cm³/mol. The molecule has 0 saturated heterocycles. The lowest BCUT2D eigenvalue weighted by molar-refractivity contribution is -0.141. The Labute approximate surface area is 139 Å². The van der Waals surface area contributed by atoms with E-state index in [2.05, 4.69) is 28.6 Å². The predicted octanol–water partition coefficient (Wildman–Crippen LogP) is -3.36. The number of thiol groups is 1. The van der Waals surface area contributed by atoms with Crippen LogP contribution in [0.25, 0.3) is 0 Å². The van der Waals surface area contributed by atoms with Gasteiger partial charge in [0, 0.05) is 12.8 Å². The number of rotatable bonds is 10. The van der Waals surface area contributed by atoms with Gasteiger partial charge in [0.2, 0.25) is 17.7 Å². The van der Waals surface area contributed by atoms with Gasteiger partial charge in [0.25, 0.3) is 0 Å². The standard InChI is InChI=1S/C12H22N4O6S/c1-13-3-9(18)16(2)8(5-17)12(22)15-7(6-23)11(21)14-4-10(19)20/h7-8,13,17,23H,3-6H2,1-2H3,(H,14,21)(H,15,22)(H,19,20)/t7-,8-/m0/s1. The van der Waals surface area contributed by atoms with Gasteiger partial charge in [-0.05, 0) is 7.05 Å². The molecule has 0 heterocycles. The molecule has 0 aromatic carbocycles. The summed E-state index contributed by atoms with van der Waals surface area (Å²) < 4.78 is 0. The molecule has 0 fully saturated rings. The summed E-state index contributed by atoms with van der Waals surface area (Å²) in [6, 6.07) is -2.27. The van der Waals surface area contributed by atoms with Crippen LogP contribution in [-0.4, -0.2) is 90.4 Å². The molecule has 0 spiro atoms. The molecule has 5 N–H and O–H groups in total. The van der Waals surface area contributed by atoms with Crippen molar-refractivity contribution in [3.8, 4) is 0 Å². The zero-order valence-corrected chi connectivity index (χ0v) is 13.8. The zero-order chi connectivity index (χ0) is 18.0. The van der Waals surface area contributed by atoms with Gasteiger partial charge in [-0.2, -0.15) is 12.6 Å². The third-order valence-corrected chi connectivity index (χ3v) is 3.26. The fraction of sp³-hybridized carbons (Fsp3) is 0.667. The average Bonchev–Trinajstić information content (AvgIpc) is 2.50. The fourth-order valence-electron chi connectivity index (χ4n) is 1.58. The van der Waals surface area contributed by atoms with Crippen molar-refractivity contribution in [2.45, 2.75) is 12.1 Å². The smallest absolute Gasteiger partial charge is 0.322 e. The van der Waals surface area contributed by atoms with E-state index >= 15 is 0 Å². The number of amides is 3. The second-order valence-electron chi connectivity index (χ2n) is 4.59. The molecule has 0 aliphatic rings. The van der Waals surface area contributed by atoms with Gasteiger partial charge in [-0.1, -0.05) is 0 Å². The van der Waals surface area contributed by atoms with Crippen molar-refractivity contribution in [1.29, 1.82) is 0 Å². The molecule has 10 nitrogen and oxygen atoms in total. The summed E-state index contributed by atoms with van der Waals surface area (Å²) in [5.74, 6) is -3.20. The van der Waals surface area contributed by atoms with Crippen LogP contribution in [0.4, 0.5) is 0 Å². The third kappa shape index (κ3) is 7.30. The monoisotopic (exact) mass is 350 g/mol. The van der Waals surface area contributed by atoms with Crippen LogP contribution in [0.2, 0.25) is 0 Å². The van der Waals surface area contributed by atoms with Gasteiger partial charge < -0.3 is 31.1 Å². The van der Waals surface area contributed by atoms with Crippen LogP contribution < -0.4 is 16.0 Å². The average molecular weight is 350 g/mol. The number of carbonyl (C=O) groups is 4. The Hall–Kier alpha value is -1.85. The summed E-state index contributed by atoms with van der Waals surface area (Å²) in [4.78, 5) is 47.1. The van der Waals surface area contributed by atoms with E-state index in [0.29, 0.717) is 0 Å². The molecular weight excluding hydrogens is 328 g/mol. The number of hydrogen-bond acceptors (Lipinski definition) is 7. The van der Waals surface area contributed by atoms with E-state index in [0.717, 1.165) is 4.90 Å². The Bertz CT molecular complexity index is 447. The van der Waals surface area contributed by atoms with E-state index in [-0.39, 0.29) is 12.3 Å². The first kappa shape index (κ1) is 21.1. The summed E-state index contributed by atoms with van der Waals surface area (Å²) in [5, 5.41) is 24.9. The Balaban J connectivity index is 4.79. The number of nitrogens with one attached hydrogen (secondary N) is 3. The van der Waals surface area contributed by atoms with Crippen molar-refractivity contribution in [3.05, 3.63) is 0 Å². The number of hydrogen-bond donors (Lipinski definition) is 6. The lowest BCUT2D eigenvalue weighted by atomic mass is 10.2. The van der Waals surface area contributed by atoms with Crippen molar-refractivity contribution in [1.82, 2.24) is 20.9 Å². The Morgan fingerprint density at radius 3 is 2.22 bits per heavy atom. The number of aliphatic hydroxyl groups is 1. The van der Waals surface area contributed by atoms with Gasteiger partial charge in [0.05, 0.1) is 13.2 Å². The molecule has 132 valence electrons. The minimum Gasteiger partial charge on any atom is -0.480 e. The van der Waals surface area contributed by atoms with Gasteiger partial charge in [-0.15, -0.1) is 0 Å². The highest BCUT2D eigenvalue weighted by atomic mass is 32.1. The SMILES string of the molecule is CNCC(=O)N(C)[C@@H](CO)C(=O)N[C@@H](CS)C(=O)NCC(=O)O. The maximum Gasteiger partial charge on any atom is 0.322 e. The number of carboxylic acid groups (broad SMARTS) is 1. The van der Waals surface area contributed by atoms with Crippen molar-refractivity contribution < 1.29 is 29.4 Å². The minimum atomic E-state index is -1.23. The van der Waals surface area contributed by atoms with Crippen LogP contribution in [0, 0.1) is 0 Å². The minimum absolute atomic E-state index is 0.0185. The van der Waals surface area contributed by atoms with E-state index in [9.17, 15) is 24.3 Å². The summed E-state index contributed by atoms with van der Waals surface area (Å²) >= 11 is 3.92. The van der Waals surface area contributed by atoms with Gasteiger partial charge in [-0.3, -0.25) is 19.2 Å². The first-order valence-corrected chi connectivity index (χ1v) is 7.33. The van der Waals surface area contributed by atoms with Crippen LogP contribution in [0.3, 0.4) is 0 Å². The maximum atomic E-state index is 12.1. The molecule has 11 heteroatoms. The van der Waals surface area contributed by atoms with Crippen molar-refractivity contribution >= 4 is 36.3 Å². The molecule has 0 aromatic heterocycles. The molecule has 0 rings (SSSR count). The number of nitrogens with zero attached hydrogens (tertiary/aromatic N) is 1. The number of carboxylic acids is 1. The summed E-state index contributed by atoms with van der Waals surface area (Å²) in [5.41, 5.74) is 0. The first-order chi connectivity index (χ1) is 10.8. The molecule has 0 radical (unpaired) electrons. The lowest BCUT2D eigenvalue weighted by Crippen LogP contribution is -2.56. The normalized spacial score (nSPS) is 12.9. The van der Waals surface area contributed by atoms with E-state index in [4.69, 9.17) is 5.11 Å². The number of carbonyl (C=O) groups excluding carboxylic acids is 3. The largest absolute Gasteiger partial charge is 0.480 e. The Kier molecular flexibility index (Phi) is 9.94. The Morgan fingerprint density at radius 1 is 1.17 bits per heavy atom. The molecule has 0 aliphatic heterocycles. The highest BCUT2D eigenvalue weighted by Crippen LogP contribution is 1.99. The molecule has 0 aromatic rings. The molecule has 0 unspecified atom stereocenters. The number of aliphatic carboxylic acids is 1. The summed E-state index contributed by atoms with van der Waals surface area (Å²) in [7, 11) is 2.91. The second kappa shape index (κ2) is 10.8. The fourth-order valence-corrected chi connectivity index (χ4v) is 1.84. The molecule has 3 amide bonds. The molecule has 0 saturated carbocycles. The molecule has 0 aliphatic carbocycles. The highest BCUT2D eigenvalue weighted by molar-refractivity contribution is 7.80. The van der Waals surface area contributed by atoms with E-state index in [1.165, 1.54) is 7.05 Å². The third-order valence-electron chi connectivity index (χ3n) is 2.89. The van der Waals surface area contributed by atoms with Gasteiger partial charge in [0.15, 0.2) is 0 Å². The number of likely N-dealkylation sites (N-methyl/N-ethyl adjacent to an activating group) is 2. The maximum absolute atomic E-state index is 12.1. The topological polar surface area (TPSA) is 148 Å². The van der Waals surface area contributed by atoms with Crippen LogP contribution in [-0.2, 0) is 19.2 Å². The van der Waals surface area contributed by atoms with Gasteiger partial charge in [0.1, 0.15) is 18.6 Å². The number of aliphatic hydroxyl groups excluding tert-OH is 1. The van der Waals surface area contributed by atoms with Crippen LogP contribution in [0.1, 0.15) is 0 Å². The molecule has 23 heavy (non-hydrogen) atoms. The lowest BCUT2D eigenvalue weighted by Gasteiger charge is -2.27. The van der Waals surface area contributed by atoms with Gasteiger partial charge >= 0.3 is 5.97 Å². The van der Waals surface area contributed by atoms with E-state index < -0.39 is 48.9 Å².